The first-order valence-corrected chi connectivity index (χ1v) is 11.6. The lowest BCUT2D eigenvalue weighted by atomic mass is 9.92. The Bertz CT molecular complexity index is 1220. The third-order valence-corrected chi connectivity index (χ3v) is 7.16. The van der Waals surface area contributed by atoms with Gasteiger partial charge in [-0.25, -0.2) is 8.42 Å². The Morgan fingerprint density at radius 2 is 1.53 bits per heavy atom. The molecule has 3 aromatic rings. The van der Waals surface area contributed by atoms with Crippen LogP contribution in [0.4, 0.5) is 11.4 Å². The van der Waals surface area contributed by atoms with Gasteiger partial charge >= 0.3 is 0 Å². The Labute approximate surface area is 176 Å². The zero-order valence-electron chi connectivity index (χ0n) is 16.5. The summed E-state index contributed by atoms with van der Waals surface area (Å²) >= 11 is 0. The summed E-state index contributed by atoms with van der Waals surface area (Å²) in [6.45, 7) is 0.716. The van der Waals surface area contributed by atoms with Gasteiger partial charge in [0.15, 0.2) is 0 Å². The summed E-state index contributed by atoms with van der Waals surface area (Å²) in [6.07, 6.45) is 2.66. The van der Waals surface area contributed by atoms with Gasteiger partial charge in [-0.2, -0.15) is 0 Å². The summed E-state index contributed by atoms with van der Waals surface area (Å²) < 4.78 is 29.4. The SMILES string of the molecule is O=C1CCc2cc(S(=O)(=O)Nc3ccccc3-c3ccccc3)cc3c2N1CCC3. The highest BCUT2D eigenvalue weighted by Gasteiger charge is 2.31. The topological polar surface area (TPSA) is 66.5 Å². The number of anilines is 2. The van der Waals surface area contributed by atoms with E-state index in [9.17, 15) is 13.2 Å². The van der Waals surface area contributed by atoms with Crippen LogP contribution in [0, 0.1) is 0 Å². The van der Waals surface area contributed by atoms with Crippen molar-refractivity contribution >= 4 is 27.3 Å². The van der Waals surface area contributed by atoms with E-state index in [1.807, 2.05) is 53.4 Å². The molecule has 5 nitrogen and oxygen atoms in total. The number of sulfonamides is 1. The summed E-state index contributed by atoms with van der Waals surface area (Å²) in [5.41, 5.74) is 5.16. The minimum atomic E-state index is -3.77. The molecule has 2 aliphatic rings. The second-order valence-corrected chi connectivity index (χ2v) is 9.44. The maximum atomic E-state index is 13.3. The van der Waals surface area contributed by atoms with E-state index >= 15 is 0 Å². The molecule has 2 aliphatic heterocycles. The van der Waals surface area contributed by atoms with Crippen molar-refractivity contribution in [3.63, 3.8) is 0 Å². The molecule has 0 saturated carbocycles. The number of hydrogen-bond donors (Lipinski definition) is 1. The third-order valence-electron chi connectivity index (χ3n) is 5.81. The van der Waals surface area contributed by atoms with Crippen LogP contribution in [-0.4, -0.2) is 20.9 Å². The van der Waals surface area contributed by atoms with Crippen molar-refractivity contribution in [3.8, 4) is 11.1 Å². The molecule has 5 rings (SSSR count). The zero-order chi connectivity index (χ0) is 20.7. The molecule has 0 bridgehead atoms. The molecular formula is C24H22N2O3S. The lowest BCUT2D eigenvalue weighted by Crippen LogP contribution is -2.39. The van der Waals surface area contributed by atoms with Crippen LogP contribution in [0.25, 0.3) is 11.1 Å². The van der Waals surface area contributed by atoms with Crippen molar-refractivity contribution in [1.82, 2.24) is 0 Å². The van der Waals surface area contributed by atoms with Gasteiger partial charge in [-0.3, -0.25) is 9.52 Å². The summed E-state index contributed by atoms with van der Waals surface area (Å²) in [6, 6.07) is 20.6. The Kier molecular flexibility index (Phi) is 4.59. The van der Waals surface area contributed by atoms with Gasteiger partial charge in [0.2, 0.25) is 5.91 Å². The van der Waals surface area contributed by atoms with Gasteiger partial charge in [-0.1, -0.05) is 48.5 Å². The minimum absolute atomic E-state index is 0.133. The summed E-state index contributed by atoms with van der Waals surface area (Å²) in [5, 5.41) is 0. The average molecular weight is 419 g/mol. The highest BCUT2D eigenvalue weighted by Crippen LogP contribution is 2.38. The Morgan fingerprint density at radius 1 is 0.833 bits per heavy atom. The van der Waals surface area contributed by atoms with Crippen molar-refractivity contribution in [2.24, 2.45) is 0 Å². The lowest BCUT2D eigenvalue weighted by molar-refractivity contribution is -0.119. The molecular weight excluding hydrogens is 396 g/mol. The van der Waals surface area contributed by atoms with Gasteiger partial charge in [0, 0.05) is 18.5 Å². The van der Waals surface area contributed by atoms with E-state index < -0.39 is 10.0 Å². The van der Waals surface area contributed by atoms with Crippen LogP contribution in [-0.2, 0) is 27.7 Å². The Balaban J connectivity index is 1.55. The molecule has 6 heteroatoms. The van der Waals surface area contributed by atoms with Crippen LogP contribution in [0.15, 0.2) is 71.6 Å². The number of benzene rings is 3. The van der Waals surface area contributed by atoms with E-state index in [2.05, 4.69) is 4.72 Å². The molecule has 3 aromatic carbocycles. The monoisotopic (exact) mass is 418 g/mol. The number of nitrogens with one attached hydrogen (secondary N) is 1. The fourth-order valence-corrected chi connectivity index (χ4v) is 5.60. The first-order chi connectivity index (χ1) is 14.5. The van der Waals surface area contributed by atoms with E-state index in [1.165, 1.54) is 0 Å². The minimum Gasteiger partial charge on any atom is -0.312 e. The van der Waals surface area contributed by atoms with Crippen LogP contribution in [0.3, 0.4) is 0 Å². The van der Waals surface area contributed by atoms with Crippen molar-refractivity contribution in [3.05, 3.63) is 77.9 Å². The largest absolute Gasteiger partial charge is 0.312 e. The molecule has 0 atom stereocenters. The second kappa shape index (κ2) is 7.29. The van der Waals surface area contributed by atoms with Crippen LogP contribution in [0.2, 0.25) is 0 Å². The lowest BCUT2D eigenvalue weighted by Gasteiger charge is -2.35. The van der Waals surface area contributed by atoms with Crippen LogP contribution in [0.1, 0.15) is 24.0 Å². The maximum absolute atomic E-state index is 13.3. The van der Waals surface area contributed by atoms with Gasteiger partial charge in [0.25, 0.3) is 10.0 Å². The highest BCUT2D eigenvalue weighted by molar-refractivity contribution is 7.92. The van der Waals surface area contributed by atoms with Crippen LogP contribution >= 0.6 is 0 Å². The van der Waals surface area contributed by atoms with E-state index in [4.69, 9.17) is 0 Å². The fraction of sp³-hybridized carbons (Fsp3) is 0.208. The molecule has 1 N–H and O–H groups in total. The quantitative estimate of drug-likeness (QED) is 0.684. The number of carbonyl (C=O) groups excluding carboxylic acids is 1. The Hall–Kier alpha value is -3.12. The second-order valence-electron chi connectivity index (χ2n) is 7.76. The molecule has 2 heterocycles. The standard InChI is InChI=1S/C24H22N2O3S/c27-23-13-12-19-16-20(15-18-9-6-14-26(23)24(18)19)30(28,29)25-22-11-5-4-10-21(22)17-7-2-1-3-8-17/h1-5,7-8,10-11,15-16,25H,6,9,12-14H2. The third kappa shape index (κ3) is 3.27. The van der Waals surface area contributed by atoms with Gasteiger partial charge in [0.1, 0.15) is 0 Å². The molecule has 0 spiro atoms. The van der Waals surface area contributed by atoms with Gasteiger partial charge in [-0.15, -0.1) is 0 Å². The van der Waals surface area contributed by atoms with Gasteiger partial charge in [0.05, 0.1) is 16.3 Å². The number of amides is 1. The number of rotatable bonds is 4. The highest BCUT2D eigenvalue weighted by atomic mass is 32.2. The summed E-state index contributed by atoms with van der Waals surface area (Å²) in [5.74, 6) is 0.133. The number of hydrogen-bond acceptors (Lipinski definition) is 3. The molecule has 0 fully saturated rings. The Morgan fingerprint density at radius 3 is 2.33 bits per heavy atom. The molecule has 0 unspecified atom stereocenters. The van der Waals surface area contributed by atoms with Crippen LogP contribution in [0.5, 0.6) is 0 Å². The molecule has 0 saturated heterocycles. The van der Waals surface area contributed by atoms with Crippen molar-refractivity contribution in [2.75, 3.05) is 16.2 Å². The summed E-state index contributed by atoms with van der Waals surface area (Å²) in [7, 11) is -3.77. The van der Waals surface area contributed by atoms with Crippen molar-refractivity contribution in [2.45, 2.75) is 30.6 Å². The molecule has 152 valence electrons. The molecule has 1 amide bonds. The fourth-order valence-electron chi connectivity index (χ4n) is 4.42. The first kappa shape index (κ1) is 18.9. The zero-order valence-corrected chi connectivity index (χ0v) is 17.3. The maximum Gasteiger partial charge on any atom is 0.261 e. The first-order valence-electron chi connectivity index (χ1n) is 10.2. The van der Waals surface area contributed by atoms with Gasteiger partial charge < -0.3 is 4.90 Å². The van der Waals surface area contributed by atoms with Crippen LogP contribution < -0.4 is 9.62 Å². The normalized spacial score (nSPS) is 15.6. The van der Waals surface area contributed by atoms with Gasteiger partial charge in [-0.05, 0) is 54.2 Å². The molecule has 0 aromatic heterocycles. The van der Waals surface area contributed by atoms with Crippen molar-refractivity contribution < 1.29 is 13.2 Å². The number of aryl methyl sites for hydroxylation is 2. The van der Waals surface area contributed by atoms with E-state index in [-0.39, 0.29) is 10.8 Å². The average Bonchev–Trinajstić information content (AvgIpc) is 2.77. The van der Waals surface area contributed by atoms with E-state index in [1.54, 1.807) is 18.2 Å². The predicted molar refractivity (Wildman–Crippen MR) is 118 cm³/mol. The van der Waals surface area contributed by atoms with E-state index in [0.29, 0.717) is 25.1 Å². The smallest absolute Gasteiger partial charge is 0.261 e. The number of carbonyl (C=O) groups is 1. The molecule has 0 radical (unpaired) electrons. The van der Waals surface area contributed by atoms with E-state index in [0.717, 1.165) is 40.8 Å². The predicted octanol–water partition coefficient (Wildman–Crippen LogP) is 4.38. The molecule has 30 heavy (non-hydrogen) atoms. The summed E-state index contributed by atoms with van der Waals surface area (Å²) in [4.78, 5) is 14.3. The molecule has 0 aliphatic carbocycles. The number of nitrogens with zero attached hydrogens (tertiary/aromatic N) is 1. The van der Waals surface area contributed by atoms with Crippen molar-refractivity contribution in [1.29, 1.82) is 0 Å². The number of para-hydroxylation sites is 1.